The van der Waals surface area contributed by atoms with E-state index in [1.807, 2.05) is 6.07 Å². The van der Waals surface area contributed by atoms with E-state index >= 15 is 0 Å². The van der Waals surface area contributed by atoms with Crippen molar-refractivity contribution in [1.82, 2.24) is 19.9 Å². The topological polar surface area (TPSA) is 98.9 Å². The van der Waals surface area contributed by atoms with Gasteiger partial charge in [-0.1, -0.05) is 0 Å². The Hall–Kier alpha value is -2.70. The van der Waals surface area contributed by atoms with Gasteiger partial charge in [-0.05, 0) is 30.9 Å². The Morgan fingerprint density at radius 2 is 2.13 bits per heavy atom. The van der Waals surface area contributed by atoms with Gasteiger partial charge in [0.2, 0.25) is 0 Å². The van der Waals surface area contributed by atoms with E-state index in [2.05, 4.69) is 15.0 Å². The van der Waals surface area contributed by atoms with Gasteiger partial charge in [-0.25, -0.2) is 4.98 Å². The van der Waals surface area contributed by atoms with Crippen molar-refractivity contribution in [2.45, 2.75) is 31.7 Å². The van der Waals surface area contributed by atoms with Crippen LogP contribution in [0.5, 0.6) is 0 Å². The monoisotopic (exact) mass is 312 g/mol. The van der Waals surface area contributed by atoms with Crippen LogP contribution < -0.4 is 11.1 Å². The number of aromatic amines is 2. The molecule has 118 valence electrons. The first kappa shape index (κ1) is 13.9. The standard InChI is InChI=1S/C16H16N4O3/c21-13-7-12(18-14(19-13)10-1-2-10)16(23)20-6-4-9-3-5-17-15(22)11(9)8-20/h3,5,7,10H,1-2,4,6,8H2,(H,17,22)(H,18,19,21). The summed E-state index contributed by atoms with van der Waals surface area (Å²) in [7, 11) is 0. The number of hydrogen-bond donors (Lipinski definition) is 2. The lowest BCUT2D eigenvalue weighted by atomic mass is 10.0. The highest BCUT2D eigenvalue weighted by Crippen LogP contribution is 2.37. The summed E-state index contributed by atoms with van der Waals surface area (Å²) in [6, 6.07) is 3.11. The van der Waals surface area contributed by atoms with E-state index in [0.717, 1.165) is 18.4 Å². The maximum Gasteiger partial charge on any atom is 0.273 e. The van der Waals surface area contributed by atoms with Crippen molar-refractivity contribution in [2.24, 2.45) is 0 Å². The Bertz CT molecular complexity index is 895. The van der Waals surface area contributed by atoms with Crippen LogP contribution in [0.25, 0.3) is 0 Å². The molecule has 1 amide bonds. The Morgan fingerprint density at radius 3 is 2.91 bits per heavy atom. The van der Waals surface area contributed by atoms with Crippen LogP contribution in [0.2, 0.25) is 0 Å². The van der Waals surface area contributed by atoms with Crippen LogP contribution in [-0.4, -0.2) is 32.3 Å². The normalized spacial score (nSPS) is 17.0. The number of nitrogens with one attached hydrogen (secondary N) is 2. The second kappa shape index (κ2) is 5.19. The van der Waals surface area contributed by atoms with Crippen LogP contribution in [0.4, 0.5) is 0 Å². The highest BCUT2D eigenvalue weighted by Gasteiger charge is 2.29. The highest BCUT2D eigenvalue weighted by atomic mass is 16.2. The maximum absolute atomic E-state index is 12.7. The first-order chi connectivity index (χ1) is 11.1. The van der Waals surface area contributed by atoms with Gasteiger partial charge in [0, 0.05) is 30.3 Å². The molecule has 2 aliphatic rings. The van der Waals surface area contributed by atoms with Gasteiger partial charge in [0.1, 0.15) is 11.5 Å². The van der Waals surface area contributed by atoms with Gasteiger partial charge in [-0.15, -0.1) is 0 Å². The van der Waals surface area contributed by atoms with Crippen LogP contribution in [-0.2, 0) is 13.0 Å². The molecule has 0 aromatic carbocycles. The van der Waals surface area contributed by atoms with E-state index < -0.39 is 0 Å². The molecule has 2 aromatic heterocycles. The molecule has 1 fully saturated rings. The van der Waals surface area contributed by atoms with Crippen molar-refractivity contribution in [3.8, 4) is 0 Å². The lowest BCUT2D eigenvalue weighted by Crippen LogP contribution is -2.39. The summed E-state index contributed by atoms with van der Waals surface area (Å²) in [5.74, 6) is 0.559. The summed E-state index contributed by atoms with van der Waals surface area (Å²) in [6.07, 6.45) is 4.24. The number of fused-ring (bicyclic) bond motifs is 1. The molecule has 7 heteroatoms. The number of hydrogen-bond acceptors (Lipinski definition) is 4. The van der Waals surface area contributed by atoms with Gasteiger partial charge < -0.3 is 14.9 Å². The summed E-state index contributed by atoms with van der Waals surface area (Å²) >= 11 is 0. The Kier molecular flexibility index (Phi) is 3.14. The quantitative estimate of drug-likeness (QED) is 0.845. The SMILES string of the molecule is O=C(c1cc(=O)[nH]c(C2CC2)n1)N1CCc2cc[nH]c(=O)c2C1. The molecular weight excluding hydrogens is 296 g/mol. The second-order valence-corrected chi connectivity index (χ2v) is 6.08. The number of carbonyl (C=O) groups excluding carboxylic acids is 1. The molecule has 1 saturated carbocycles. The molecule has 7 nitrogen and oxygen atoms in total. The molecular formula is C16H16N4O3. The van der Waals surface area contributed by atoms with Crippen LogP contribution in [0, 0.1) is 0 Å². The average molecular weight is 312 g/mol. The first-order valence-corrected chi connectivity index (χ1v) is 7.72. The third-order valence-electron chi connectivity index (χ3n) is 4.39. The van der Waals surface area contributed by atoms with Gasteiger partial charge in [0.15, 0.2) is 0 Å². The Labute approximate surface area is 131 Å². The zero-order chi connectivity index (χ0) is 16.0. The Balaban J connectivity index is 1.64. The lowest BCUT2D eigenvalue weighted by molar-refractivity contribution is 0.0727. The molecule has 2 aromatic rings. The minimum atomic E-state index is -0.305. The molecule has 4 rings (SSSR count). The smallest absolute Gasteiger partial charge is 0.273 e. The van der Waals surface area contributed by atoms with Crippen molar-refractivity contribution in [1.29, 1.82) is 0 Å². The van der Waals surface area contributed by atoms with Crippen molar-refractivity contribution in [3.63, 3.8) is 0 Å². The molecule has 2 N–H and O–H groups in total. The number of H-pyrrole nitrogens is 2. The summed E-state index contributed by atoms with van der Waals surface area (Å²) in [6.45, 7) is 0.764. The van der Waals surface area contributed by atoms with E-state index in [1.54, 1.807) is 11.1 Å². The predicted molar refractivity (Wildman–Crippen MR) is 82.3 cm³/mol. The van der Waals surface area contributed by atoms with Gasteiger partial charge >= 0.3 is 0 Å². The highest BCUT2D eigenvalue weighted by molar-refractivity contribution is 5.92. The van der Waals surface area contributed by atoms with Gasteiger partial charge in [0.05, 0.1) is 6.54 Å². The molecule has 0 saturated heterocycles. The summed E-state index contributed by atoms with van der Waals surface area (Å²) in [5.41, 5.74) is 1.26. The molecule has 0 radical (unpaired) electrons. The van der Waals surface area contributed by atoms with Gasteiger partial charge in [0.25, 0.3) is 17.0 Å². The maximum atomic E-state index is 12.7. The van der Waals surface area contributed by atoms with Crippen molar-refractivity contribution in [2.75, 3.05) is 6.54 Å². The summed E-state index contributed by atoms with van der Waals surface area (Å²) < 4.78 is 0. The molecule has 0 spiro atoms. The number of rotatable bonds is 2. The minimum Gasteiger partial charge on any atom is -0.332 e. The van der Waals surface area contributed by atoms with Crippen LogP contribution >= 0.6 is 0 Å². The average Bonchev–Trinajstić information content (AvgIpc) is 3.39. The van der Waals surface area contributed by atoms with Crippen molar-refractivity contribution in [3.05, 3.63) is 61.7 Å². The van der Waals surface area contributed by atoms with E-state index in [0.29, 0.717) is 24.4 Å². The fraction of sp³-hybridized carbons (Fsp3) is 0.375. The molecule has 3 heterocycles. The Morgan fingerprint density at radius 1 is 1.30 bits per heavy atom. The van der Waals surface area contributed by atoms with E-state index in [1.165, 1.54) is 6.07 Å². The van der Waals surface area contributed by atoms with E-state index in [-0.39, 0.29) is 35.2 Å². The first-order valence-electron chi connectivity index (χ1n) is 7.72. The molecule has 0 atom stereocenters. The molecule has 0 unspecified atom stereocenters. The van der Waals surface area contributed by atoms with Crippen LogP contribution in [0.15, 0.2) is 27.9 Å². The zero-order valence-electron chi connectivity index (χ0n) is 12.5. The van der Waals surface area contributed by atoms with Gasteiger partial charge in [-0.2, -0.15) is 0 Å². The number of pyridine rings is 1. The third kappa shape index (κ3) is 2.58. The second-order valence-electron chi connectivity index (χ2n) is 6.08. The number of nitrogens with zero attached hydrogens (tertiary/aromatic N) is 2. The van der Waals surface area contributed by atoms with Crippen LogP contribution in [0.1, 0.15) is 46.2 Å². The number of aromatic nitrogens is 3. The number of amides is 1. The van der Waals surface area contributed by atoms with E-state index in [4.69, 9.17) is 0 Å². The van der Waals surface area contributed by atoms with Crippen molar-refractivity contribution >= 4 is 5.91 Å². The minimum absolute atomic E-state index is 0.159. The van der Waals surface area contributed by atoms with Gasteiger partial charge in [-0.3, -0.25) is 14.4 Å². The lowest BCUT2D eigenvalue weighted by Gasteiger charge is -2.27. The number of carbonyl (C=O) groups is 1. The summed E-state index contributed by atoms with van der Waals surface area (Å²) in [5, 5.41) is 0. The summed E-state index contributed by atoms with van der Waals surface area (Å²) in [4.78, 5) is 47.6. The fourth-order valence-electron chi connectivity index (χ4n) is 2.96. The van der Waals surface area contributed by atoms with E-state index in [9.17, 15) is 14.4 Å². The zero-order valence-corrected chi connectivity index (χ0v) is 12.5. The van der Waals surface area contributed by atoms with Crippen LogP contribution in [0.3, 0.4) is 0 Å². The predicted octanol–water partition coefficient (Wildman–Crippen LogP) is 0.534. The fourth-order valence-corrected chi connectivity index (χ4v) is 2.96. The molecule has 1 aliphatic carbocycles. The molecule has 1 aliphatic heterocycles. The molecule has 23 heavy (non-hydrogen) atoms. The largest absolute Gasteiger partial charge is 0.332 e. The van der Waals surface area contributed by atoms with Crippen molar-refractivity contribution < 1.29 is 4.79 Å². The third-order valence-corrected chi connectivity index (χ3v) is 4.39. The molecule has 0 bridgehead atoms.